The summed E-state index contributed by atoms with van der Waals surface area (Å²) in [6.07, 6.45) is 2.24. The van der Waals surface area contributed by atoms with Crippen LogP contribution in [0.2, 0.25) is 0 Å². The summed E-state index contributed by atoms with van der Waals surface area (Å²) in [5.41, 5.74) is 4.60. The highest BCUT2D eigenvalue weighted by Crippen LogP contribution is 2.44. The van der Waals surface area contributed by atoms with E-state index >= 15 is 0 Å². The van der Waals surface area contributed by atoms with E-state index in [0.717, 1.165) is 35.1 Å². The molecule has 35 heavy (non-hydrogen) atoms. The van der Waals surface area contributed by atoms with Crippen LogP contribution in [0.5, 0.6) is 0 Å². The number of benzene rings is 2. The van der Waals surface area contributed by atoms with Crippen LogP contribution in [0, 0.1) is 17.8 Å². The number of alkyl carbamates (subject to hydrolysis) is 1. The normalized spacial score (nSPS) is 16.2. The fourth-order valence-electron chi connectivity index (χ4n) is 4.78. The molecule has 1 fully saturated rings. The number of ether oxygens (including phenoxy) is 1. The van der Waals surface area contributed by atoms with Gasteiger partial charge < -0.3 is 20.5 Å². The molecule has 2 aromatic carbocycles. The maximum Gasteiger partial charge on any atom is 0.407 e. The summed E-state index contributed by atoms with van der Waals surface area (Å²) in [6.45, 7) is 4.17. The van der Waals surface area contributed by atoms with Crippen molar-refractivity contribution in [2.75, 3.05) is 13.2 Å². The van der Waals surface area contributed by atoms with Gasteiger partial charge in [-0.1, -0.05) is 75.2 Å². The Kier molecular flexibility index (Phi) is 7.73. The smallest absolute Gasteiger partial charge is 0.407 e. The number of carbonyl (C=O) groups is 3. The van der Waals surface area contributed by atoms with Crippen molar-refractivity contribution in [1.82, 2.24) is 10.6 Å². The van der Waals surface area contributed by atoms with E-state index in [4.69, 9.17) is 4.74 Å². The summed E-state index contributed by atoms with van der Waals surface area (Å²) in [5.74, 6) is -1.29. The van der Waals surface area contributed by atoms with Gasteiger partial charge in [-0.2, -0.15) is 0 Å². The van der Waals surface area contributed by atoms with Gasteiger partial charge in [0.15, 0.2) is 0 Å². The topological polar surface area (TPSA) is 105 Å². The zero-order valence-corrected chi connectivity index (χ0v) is 20.3. The summed E-state index contributed by atoms with van der Waals surface area (Å²) in [6, 6.07) is 15.9. The van der Waals surface area contributed by atoms with Crippen LogP contribution in [-0.4, -0.2) is 42.3 Å². The molecule has 0 radical (unpaired) electrons. The fourth-order valence-corrected chi connectivity index (χ4v) is 4.78. The van der Waals surface area contributed by atoms with Gasteiger partial charge >= 0.3 is 12.1 Å². The van der Waals surface area contributed by atoms with Crippen molar-refractivity contribution in [3.63, 3.8) is 0 Å². The number of carboxylic acid groups (broad SMARTS) is 1. The summed E-state index contributed by atoms with van der Waals surface area (Å²) in [5, 5.41) is 15.0. The maximum absolute atomic E-state index is 12.7. The van der Waals surface area contributed by atoms with Crippen molar-refractivity contribution in [1.29, 1.82) is 0 Å². The van der Waals surface area contributed by atoms with E-state index in [0.29, 0.717) is 12.3 Å². The monoisotopic (exact) mass is 478 g/mol. The van der Waals surface area contributed by atoms with Gasteiger partial charge in [-0.3, -0.25) is 9.59 Å². The van der Waals surface area contributed by atoms with E-state index in [1.165, 1.54) is 0 Å². The summed E-state index contributed by atoms with van der Waals surface area (Å²) in [7, 11) is 0. The first-order chi connectivity index (χ1) is 16.8. The molecule has 3 N–H and O–H groups in total. The van der Waals surface area contributed by atoms with Gasteiger partial charge in [-0.05, 0) is 40.5 Å². The molecular formula is C28H34N2O5. The second-order valence-electron chi connectivity index (χ2n) is 10.0. The van der Waals surface area contributed by atoms with Crippen LogP contribution in [0.15, 0.2) is 48.5 Å². The van der Waals surface area contributed by atoms with Crippen molar-refractivity contribution in [3.8, 4) is 11.1 Å². The standard InChI is InChI=1S/C28H34N2O5/c1-17(2)25(14-26(31)29-15-19(27(32)33)13-18-11-12-18)30-28(34)35-16-24-22-9-5-3-7-20(22)21-8-4-6-10-23(21)24/h3-10,17-19,24-25H,11-16H2,1-2H3,(H,29,31)(H,30,34)(H,32,33). The molecule has 2 aliphatic rings. The number of carboxylic acids is 1. The predicted octanol–water partition coefficient (Wildman–Crippen LogP) is 4.56. The molecule has 0 spiro atoms. The Hall–Kier alpha value is -3.35. The minimum atomic E-state index is -0.880. The van der Waals surface area contributed by atoms with Gasteiger partial charge in [0.2, 0.25) is 5.91 Å². The molecule has 0 saturated heterocycles. The number of nitrogens with one attached hydrogen (secondary N) is 2. The Morgan fingerprint density at radius 2 is 1.60 bits per heavy atom. The molecule has 2 unspecified atom stereocenters. The quantitative estimate of drug-likeness (QED) is 0.439. The van der Waals surface area contributed by atoms with Crippen LogP contribution < -0.4 is 10.6 Å². The third-order valence-corrected chi connectivity index (χ3v) is 7.07. The number of fused-ring (bicyclic) bond motifs is 3. The highest BCUT2D eigenvalue weighted by Gasteiger charge is 2.31. The minimum Gasteiger partial charge on any atom is -0.481 e. The van der Waals surface area contributed by atoms with E-state index in [1.54, 1.807) is 0 Å². The van der Waals surface area contributed by atoms with E-state index in [9.17, 15) is 19.5 Å². The molecule has 4 rings (SSSR count). The maximum atomic E-state index is 12.7. The van der Waals surface area contributed by atoms with E-state index in [2.05, 4.69) is 34.9 Å². The first kappa shape index (κ1) is 24.8. The van der Waals surface area contributed by atoms with E-state index < -0.39 is 24.0 Å². The third kappa shape index (κ3) is 6.21. The Labute approximate surface area is 206 Å². The van der Waals surface area contributed by atoms with Crippen molar-refractivity contribution in [2.45, 2.75) is 51.5 Å². The first-order valence-electron chi connectivity index (χ1n) is 12.4. The molecule has 186 valence electrons. The van der Waals surface area contributed by atoms with Crippen LogP contribution >= 0.6 is 0 Å². The summed E-state index contributed by atoms with van der Waals surface area (Å²) >= 11 is 0. The molecule has 1 saturated carbocycles. The molecule has 0 aromatic heterocycles. The van der Waals surface area contributed by atoms with Gasteiger partial charge in [-0.25, -0.2) is 4.79 Å². The SMILES string of the molecule is CC(C)C(CC(=O)NCC(CC1CC1)C(=O)O)NC(=O)OCC1c2ccccc2-c2ccccc21. The summed E-state index contributed by atoms with van der Waals surface area (Å²) in [4.78, 5) is 36.6. The molecule has 7 heteroatoms. The van der Waals surface area contributed by atoms with Crippen molar-refractivity contribution < 1.29 is 24.2 Å². The highest BCUT2D eigenvalue weighted by molar-refractivity contribution is 5.80. The largest absolute Gasteiger partial charge is 0.481 e. The van der Waals surface area contributed by atoms with E-state index in [1.807, 2.05) is 38.1 Å². The predicted molar refractivity (Wildman–Crippen MR) is 133 cm³/mol. The molecule has 2 aromatic rings. The Balaban J connectivity index is 1.30. The average molecular weight is 479 g/mol. The van der Waals surface area contributed by atoms with Crippen LogP contribution in [0.3, 0.4) is 0 Å². The number of amides is 2. The number of carbonyl (C=O) groups excluding carboxylic acids is 2. The second kappa shape index (κ2) is 10.9. The average Bonchev–Trinajstić information content (AvgIpc) is 3.60. The highest BCUT2D eigenvalue weighted by atomic mass is 16.5. The lowest BCUT2D eigenvalue weighted by Crippen LogP contribution is -2.43. The van der Waals surface area contributed by atoms with Crippen molar-refractivity contribution in [2.24, 2.45) is 17.8 Å². The summed E-state index contributed by atoms with van der Waals surface area (Å²) < 4.78 is 5.62. The number of hydrogen-bond acceptors (Lipinski definition) is 4. The Morgan fingerprint density at radius 3 is 2.14 bits per heavy atom. The van der Waals surface area contributed by atoms with Crippen LogP contribution in [0.25, 0.3) is 11.1 Å². The Morgan fingerprint density at radius 1 is 1.00 bits per heavy atom. The lowest BCUT2D eigenvalue weighted by molar-refractivity contribution is -0.142. The number of hydrogen-bond donors (Lipinski definition) is 3. The molecule has 0 aliphatic heterocycles. The van der Waals surface area contributed by atoms with Gasteiger partial charge in [-0.15, -0.1) is 0 Å². The van der Waals surface area contributed by atoms with Gasteiger partial charge in [0.05, 0.1) is 5.92 Å². The van der Waals surface area contributed by atoms with Crippen LogP contribution in [0.1, 0.15) is 56.6 Å². The zero-order chi connectivity index (χ0) is 24.9. The molecule has 7 nitrogen and oxygen atoms in total. The molecular weight excluding hydrogens is 444 g/mol. The lowest BCUT2D eigenvalue weighted by Gasteiger charge is -2.23. The minimum absolute atomic E-state index is 0.00275. The fraction of sp³-hybridized carbons (Fsp3) is 0.464. The van der Waals surface area contributed by atoms with Crippen molar-refractivity contribution in [3.05, 3.63) is 59.7 Å². The molecule has 0 bridgehead atoms. The first-order valence-corrected chi connectivity index (χ1v) is 12.4. The van der Waals surface area contributed by atoms with Gasteiger partial charge in [0.1, 0.15) is 6.61 Å². The van der Waals surface area contributed by atoms with Crippen molar-refractivity contribution >= 4 is 18.0 Å². The molecule has 2 aliphatic carbocycles. The van der Waals surface area contributed by atoms with Crippen LogP contribution in [0.4, 0.5) is 4.79 Å². The molecule has 2 amide bonds. The van der Waals surface area contributed by atoms with E-state index in [-0.39, 0.29) is 37.3 Å². The zero-order valence-electron chi connectivity index (χ0n) is 20.3. The van der Waals surface area contributed by atoms with Crippen LogP contribution in [-0.2, 0) is 14.3 Å². The van der Waals surface area contributed by atoms with Gasteiger partial charge in [0, 0.05) is 24.9 Å². The molecule has 0 heterocycles. The van der Waals surface area contributed by atoms with Gasteiger partial charge in [0.25, 0.3) is 0 Å². The molecule has 2 atom stereocenters. The second-order valence-corrected chi connectivity index (χ2v) is 10.0. The lowest BCUT2D eigenvalue weighted by atomic mass is 9.98. The number of aliphatic carboxylic acids is 1. The number of rotatable bonds is 11. The third-order valence-electron chi connectivity index (χ3n) is 7.07. The Bertz CT molecular complexity index is 1030.